The van der Waals surface area contributed by atoms with E-state index in [1.807, 2.05) is 18.2 Å². The molecule has 25 heavy (non-hydrogen) atoms. The number of esters is 2. The van der Waals surface area contributed by atoms with Crippen molar-refractivity contribution in [3.63, 3.8) is 0 Å². The summed E-state index contributed by atoms with van der Waals surface area (Å²) >= 11 is 0. The van der Waals surface area contributed by atoms with Crippen molar-refractivity contribution < 1.29 is 33.6 Å². The largest absolute Gasteiger partial charge is 0.490 e. The standard InChI is InChI=1S/C18H24O7/c1-14(2)18(21)25-13-12-24-17(20)9-8-16(19)23-11-10-22-15-6-4-3-5-7-15/h3-7,18,21H,1,8-13H2,2H3. The Kier molecular flexibility index (Phi) is 9.96. The number of aliphatic hydroxyl groups is 1. The molecule has 0 aliphatic carbocycles. The number of carbonyl (C=O) groups is 2. The molecule has 0 radical (unpaired) electrons. The Morgan fingerprint density at radius 1 is 1.00 bits per heavy atom. The molecule has 0 spiro atoms. The number of rotatable bonds is 12. The van der Waals surface area contributed by atoms with Gasteiger partial charge in [-0.3, -0.25) is 9.59 Å². The van der Waals surface area contributed by atoms with Crippen LogP contribution in [-0.2, 0) is 23.8 Å². The number of aliphatic hydroxyl groups excluding tert-OH is 1. The van der Waals surface area contributed by atoms with E-state index < -0.39 is 18.2 Å². The molecule has 7 nitrogen and oxygen atoms in total. The minimum absolute atomic E-state index is 0.0108. The monoisotopic (exact) mass is 352 g/mol. The topological polar surface area (TPSA) is 91.3 Å². The maximum absolute atomic E-state index is 11.5. The number of benzene rings is 1. The van der Waals surface area contributed by atoms with Crippen LogP contribution in [0.25, 0.3) is 0 Å². The molecule has 0 amide bonds. The predicted octanol–water partition coefficient (Wildman–Crippen LogP) is 1.84. The molecule has 1 N–H and O–H groups in total. The minimum atomic E-state index is -1.08. The number of hydrogen-bond donors (Lipinski definition) is 1. The van der Waals surface area contributed by atoms with E-state index in [9.17, 15) is 14.7 Å². The van der Waals surface area contributed by atoms with Crippen molar-refractivity contribution in [2.75, 3.05) is 26.4 Å². The molecule has 0 saturated heterocycles. The highest BCUT2D eigenvalue weighted by Gasteiger charge is 2.10. The second-order valence-electron chi connectivity index (χ2n) is 5.17. The zero-order valence-electron chi connectivity index (χ0n) is 14.3. The van der Waals surface area contributed by atoms with Gasteiger partial charge in [0.05, 0.1) is 19.4 Å². The molecule has 0 aliphatic heterocycles. The molecule has 1 aromatic carbocycles. The molecular weight excluding hydrogens is 328 g/mol. The third kappa shape index (κ3) is 10.2. The Labute approximate surface area is 147 Å². The van der Waals surface area contributed by atoms with Gasteiger partial charge in [0.1, 0.15) is 25.6 Å². The Bertz CT molecular complexity index is 542. The van der Waals surface area contributed by atoms with Gasteiger partial charge in [-0.1, -0.05) is 24.8 Å². The summed E-state index contributed by atoms with van der Waals surface area (Å²) in [4.78, 5) is 23.0. The molecule has 138 valence electrons. The van der Waals surface area contributed by atoms with Gasteiger partial charge in [-0.25, -0.2) is 0 Å². The summed E-state index contributed by atoms with van der Waals surface area (Å²) < 4.78 is 20.2. The maximum Gasteiger partial charge on any atom is 0.306 e. The zero-order chi connectivity index (χ0) is 18.5. The van der Waals surface area contributed by atoms with Gasteiger partial charge in [-0.05, 0) is 24.6 Å². The fraction of sp³-hybridized carbons (Fsp3) is 0.444. The SMILES string of the molecule is C=C(C)C(O)OCCOC(=O)CCC(=O)OCCOc1ccccc1. The summed E-state index contributed by atoms with van der Waals surface area (Å²) in [6, 6.07) is 9.17. The van der Waals surface area contributed by atoms with Crippen LogP contribution in [0.4, 0.5) is 0 Å². The summed E-state index contributed by atoms with van der Waals surface area (Å²) in [6.45, 7) is 5.52. The van der Waals surface area contributed by atoms with Crippen molar-refractivity contribution in [2.24, 2.45) is 0 Å². The molecule has 0 aromatic heterocycles. The Morgan fingerprint density at radius 3 is 2.12 bits per heavy atom. The smallest absolute Gasteiger partial charge is 0.306 e. The van der Waals surface area contributed by atoms with Crippen LogP contribution in [0.1, 0.15) is 19.8 Å². The van der Waals surface area contributed by atoms with Crippen LogP contribution in [-0.4, -0.2) is 49.8 Å². The van der Waals surface area contributed by atoms with Crippen molar-refractivity contribution in [1.82, 2.24) is 0 Å². The first-order valence-electron chi connectivity index (χ1n) is 7.93. The fourth-order valence-corrected chi connectivity index (χ4v) is 1.64. The number of ether oxygens (including phenoxy) is 4. The van der Waals surface area contributed by atoms with Gasteiger partial charge >= 0.3 is 11.9 Å². The first-order valence-corrected chi connectivity index (χ1v) is 7.93. The molecule has 1 rings (SSSR count). The molecule has 0 aliphatic rings. The lowest BCUT2D eigenvalue weighted by molar-refractivity contribution is -0.153. The average Bonchev–Trinajstić information content (AvgIpc) is 2.61. The van der Waals surface area contributed by atoms with Crippen LogP contribution >= 0.6 is 0 Å². The second kappa shape index (κ2) is 12.0. The molecule has 0 heterocycles. The number of carbonyl (C=O) groups excluding carboxylic acids is 2. The van der Waals surface area contributed by atoms with Gasteiger partial charge in [0, 0.05) is 0 Å². The van der Waals surface area contributed by atoms with Gasteiger partial charge < -0.3 is 24.1 Å². The summed E-state index contributed by atoms with van der Waals surface area (Å²) in [7, 11) is 0. The van der Waals surface area contributed by atoms with Crippen molar-refractivity contribution >= 4 is 11.9 Å². The van der Waals surface area contributed by atoms with E-state index in [4.69, 9.17) is 18.9 Å². The van der Waals surface area contributed by atoms with E-state index in [0.29, 0.717) is 11.3 Å². The Morgan fingerprint density at radius 2 is 1.56 bits per heavy atom. The molecule has 1 unspecified atom stereocenters. The third-order valence-electron chi connectivity index (χ3n) is 2.94. The second-order valence-corrected chi connectivity index (χ2v) is 5.17. The van der Waals surface area contributed by atoms with Gasteiger partial charge in [0.2, 0.25) is 0 Å². The highest BCUT2D eigenvalue weighted by atomic mass is 16.6. The van der Waals surface area contributed by atoms with Gasteiger partial charge in [-0.2, -0.15) is 0 Å². The van der Waals surface area contributed by atoms with Crippen LogP contribution in [0.2, 0.25) is 0 Å². The van der Waals surface area contributed by atoms with Crippen molar-refractivity contribution in [3.8, 4) is 5.75 Å². The normalized spacial score (nSPS) is 11.4. The number of para-hydroxylation sites is 1. The first-order chi connectivity index (χ1) is 12.0. The van der Waals surface area contributed by atoms with Gasteiger partial charge in [0.25, 0.3) is 0 Å². The molecule has 1 atom stereocenters. The highest BCUT2D eigenvalue weighted by molar-refractivity contribution is 5.77. The van der Waals surface area contributed by atoms with Crippen LogP contribution < -0.4 is 4.74 Å². The molecule has 0 bridgehead atoms. The van der Waals surface area contributed by atoms with E-state index in [2.05, 4.69) is 6.58 Å². The predicted molar refractivity (Wildman–Crippen MR) is 89.9 cm³/mol. The lowest BCUT2D eigenvalue weighted by atomic mass is 10.3. The van der Waals surface area contributed by atoms with Crippen LogP contribution in [0.3, 0.4) is 0 Å². The van der Waals surface area contributed by atoms with Crippen LogP contribution in [0.5, 0.6) is 5.75 Å². The van der Waals surface area contributed by atoms with E-state index in [0.717, 1.165) is 0 Å². The Balaban J connectivity index is 2.01. The van der Waals surface area contributed by atoms with E-state index >= 15 is 0 Å². The summed E-state index contributed by atoms with van der Waals surface area (Å²) in [6.07, 6.45) is -1.23. The lowest BCUT2D eigenvalue weighted by Gasteiger charge is -2.11. The van der Waals surface area contributed by atoms with Gasteiger partial charge in [0.15, 0.2) is 6.29 Å². The van der Waals surface area contributed by atoms with Crippen molar-refractivity contribution in [2.45, 2.75) is 26.1 Å². The van der Waals surface area contributed by atoms with E-state index in [1.165, 1.54) is 0 Å². The Hall–Kier alpha value is -2.38. The summed E-state index contributed by atoms with van der Waals surface area (Å²) in [5.41, 5.74) is 0.463. The third-order valence-corrected chi connectivity index (χ3v) is 2.94. The van der Waals surface area contributed by atoms with Crippen LogP contribution in [0.15, 0.2) is 42.5 Å². The number of hydrogen-bond acceptors (Lipinski definition) is 7. The van der Waals surface area contributed by atoms with Gasteiger partial charge in [-0.15, -0.1) is 0 Å². The first kappa shape index (κ1) is 20.7. The molecule has 0 saturated carbocycles. The summed E-state index contributed by atoms with van der Waals surface area (Å²) in [5, 5.41) is 9.31. The molecule has 0 fully saturated rings. The fourth-order valence-electron chi connectivity index (χ4n) is 1.64. The van der Waals surface area contributed by atoms with Crippen molar-refractivity contribution in [1.29, 1.82) is 0 Å². The van der Waals surface area contributed by atoms with Crippen molar-refractivity contribution in [3.05, 3.63) is 42.5 Å². The highest BCUT2D eigenvalue weighted by Crippen LogP contribution is 2.07. The maximum atomic E-state index is 11.5. The van der Waals surface area contributed by atoms with Crippen LogP contribution in [0, 0.1) is 0 Å². The average molecular weight is 352 g/mol. The zero-order valence-corrected chi connectivity index (χ0v) is 14.3. The molecule has 7 heteroatoms. The molecular formula is C18H24O7. The molecule has 1 aromatic rings. The minimum Gasteiger partial charge on any atom is -0.490 e. The quantitative estimate of drug-likeness (QED) is 0.266. The van der Waals surface area contributed by atoms with E-state index in [1.54, 1.807) is 19.1 Å². The lowest BCUT2D eigenvalue weighted by Crippen LogP contribution is -2.18. The van der Waals surface area contributed by atoms with E-state index in [-0.39, 0.29) is 39.3 Å². The summed E-state index contributed by atoms with van der Waals surface area (Å²) in [5.74, 6) is -0.338.